The third kappa shape index (κ3) is 6.08. The lowest BCUT2D eigenvalue weighted by Gasteiger charge is -2.34. The first-order chi connectivity index (χ1) is 13.2. The molecule has 0 saturated carbocycles. The minimum atomic E-state index is 0. The van der Waals surface area contributed by atoms with Gasteiger partial charge in [-0.05, 0) is 24.6 Å². The topological polar surface area (TPSA) is 72.1 Å². The van der Waals surface area contributed by atoms with Crippen molar-refractivity contribution in [2.75, 3.05) is 45.3 Å². The maximum Gasteiger partial charge on any atom is 0.193 e. The molecular weight excluding hydrogens is 467 g/mol. The Kier molecular flexibility index (Phi) is 9.01. The molecule has 1 fully saturated rings. The fourth-order valence-corrected chi connectivity index (χ4v) is 3.22. The number of nitrogens with two attached hydrogens (primary N) is 1. The van der Waals surface area contributed by atoms with Gasteiger partial charge >= 0.3 is 0 Å². The molecule has 6 nitrogen and oxygen atoms in total. The molecule has 2 aromatic rings. The first-order valence-electron chi connectivity index (χ1n) is 9.25. The molecule has 0 spiro atoms. The molecule has 1 heterocycles. The number of guanidine groups is 1. The van der Waals surface area contributed by atoms with Crippen LogP contribution in [0.25, 0.3) is 0 Å². The number of hydrogen-bond donors (Lipinski definition) is 2. The molecule has 0 aromatic heterocycles. The molecule has 3 rings (SSSR count). The van der Waals surface area contributed by atoms with Gasteiger partial charge in [0.2, 0.25) is 0 Å². The number of ether oxygens (including phenoxy) is 2. The molecule has 1 unspecified atom stereocenters. The summed E-state index contributed by atoms with van der Waals surface area (Å²) < 4.78 is 10.9. The summed E-state index contributed by atoms with van der Waals surface area (Å²) in [7, 11) is 1.64. The van der Waals surface area contributed by atoms with Crippen LogP contribution in [-0.4, -0.2) is 50.8 Å². The summed E-state index contributed by atoms with van der Waals surface area (Å²) in [5.41, 5.74) is 9.45. The van der Waals surface area contributed by atoms with Crippen LogP contribution in [0.5, 0.6) is 5.75 Å². The highest BCUT2D eigenvalue weighted by Crippen LogP contribution is 2.24. The van der Waals surface area contributed by atoms with E-state index in [1.54, 1.807) is 7.11 Å². The van der Waals surface area contributed by atoms with E-state index in [2.05, 4.69) is 46.4 Å². The smallest absolute Gasteiger partial charge is 0.193 e. The molecule has 3 N–H and O–H groups in total. The molecule has 0 amide bonds. The van der Waals surface area contributed by atoms with Crippen LogP contribution in [-0.2, 0) is 4.74 Å². The molecule has 0 aliphatic carbocycles. The van der Waals surface area contributed by atoms with Crippen LogP contribution in [0.1, 0.15) is 17.2 Å². The second kappa shape index (κ2) is 11.2. The predicted octanol–water partition coefficient (Wildman–Crippen LogP) is 3.42. The second-order valence-electron chi connectivity index (χ2n) is 6.63. The number of nitrogens with one attached hydrogen (secondary N) is 1. The molecule has 1 aliphatic heterocycles. The number of nitrogens with zero attached hydrogens (tertiary/aromatic N) is 2. The summed E-state index contributed by atoms with van der Waals surface area (Å²) in [6.07, 6.45) is 0. The van der Waals surface area contributed by atoms with Crippen LogP contribution in [0.15, 0.2) is 53.5 Å². The van der Waals surface area contributed by atoms with Crippen molar-refractivity contribution in [3.8, 4) is 5.75 Å². The molecule has 1 saturated heterocycles. The molecular formula is C21H29IN4O2. The average molecular weight is 496 g/mol. The predicted molar refractivity (Wildman–Crippen MR) is 125 cm³/mol. The van der Waals surface area contributed by atoms with Crippen LogP contribution in [0.2, 0.25) is 0 Å². The van der Waals surface area contributed by atoms with Gasteiger partial charge in [-0.25, -0.2) is 0 Å². The number of hydrogen-bond acceptors (Lipinski definition) is 4. The van der Waals surface area contributed by atoms with E-state index < -0.39 is 0 Å². The Balaban J connectivity index is 0.00000280. The van der Waals surface area contributed by atoms with Crippen LogP contribution < -0.4 is 15.8 Å². The van der Waals surface area contributed by atoms with Gasteiger partial charge in [0.05, 0.1) is 38.6 Å². The zero-order valence-electron chi connectivity index (χ0n) is 16.4. The average Bonchev–Trinajstić information content (AvgIpc) is 2.70. The van der Waals surface area contributed by atoms with Crippen molar-refractivity contribution < 1.29 is 9.47 Å². The van der Waals surface area contributed by atoms with E-state index in [1.807, 2.05) is 24.3 Å². The first-order valence-corrected chi connectivity index (χ1v) is 9.25. The molecule has 152 valence electrons. The fraction of sp³-hybridized carbons (Fsp3) is 0.381. The van der Waals surface area contributed by atoms with Gasteiger partial charge in [-0.1, -0.05) is 42.0 Å². The van der Waals surface area contributed by atoms with E-state index in [9.17, 15) is 0 Å². The summed E-state index contributed by atoms with van der Waals surface area (Å²) >= 11 is 0. The monoisotopic (exact) mass is 496 g/mol. The van der Waals surface area contributed by atoms with Gasteiger partial charge in [0.15, 0.2) is 5.96 Å². The highest BCUT2D eigenvalue weighted by molar-refractivity contribution is 14.0. The van der Waals surface area contributed by atoms with Gasteiger partial charge in [-0.3, -0.25) is 9.89 Å². The summed E-state index contributed by atoms with van der Waals surface area (Å²) in [6, 6.07) is 16.5. The number of morpholine rings is 1. The zero-order valence-corrected chi connectivity index (χ0v) is 18.8. The number of anilines is 1. The number of para-hydroxylation sites is 2. The quantitative estimate of drug-likeness (QED) is 0.365. The van der Waals surface area contributed by atoms with Gasteiger partial charge in [0.1, 0.15) is 5.75 Å². The standard InChI is InChI=1S/C21H28N4O2.HI/c1-16-7-9-17(10-8-16)19(25-11-13-27-14-12-25)15-23-21(22)24-18-5-3-4-6-20(18)26-2;/h3-10,19H,11-15H2,1-2H3,(H3,22,23,24);1H. The minimum Gasteiger partial charge on any atom is -0.495 e. The molecule has 2 aromatic carbocycles. The SMILES string of the molecule is COc1ccccc1NC(N)=NCC(c1ccc(C)cc1)N1CCOCC1.I. The molecule has 28 heavy (non-hydrogen) atoms. The summed E-state index contributed by atoms with van der Waals surface area (Å²) in [5, 5.41) is 3.14. The Labute approximate surface area is 184 Å². The summed E-state index contributed by atoms with van der Waals surface area (Å²) in [5.74, 6) is 1.11. The largest absolute Gasteiger partial charge is 0.495 e. The Bertz CT molecular complexity index is 761. The number of aliphatic imine (C=N–C) groups is 1. The molecule has 7 heteroatoms. The van der Waals surface area contributed by atoms with E-state index in [4.69, 9.17) is 15.2 Å². The molecule has 0 bridgehead atoms. The van der Waals surface area contributed by atoms with E-state index in [0.717, 1.165) is 37.7 Å². The molecule has 1 aliphatic rings. The van der Waals surface area contributed by atoms with Crippen molar-refractivity contribution in [1.82, 2.24) is 4.90 Å². The fourth-order valence-electron chi connectivity index (χ4n) is 3.22. The van der Waals surface area contributed by atoms with E-state index in [1.165, 1.54) is 11.1 Å². The minimum absolute atomic E-state index is 0. The normalized spacial score (nSPS) is 16.1. The Morgan fingerprint density at radius 2 is 1.86 bits per heavy atom. The van der Waals surface area contributed by atoms with Crippen molar-refractivity contribution in [3.63, 3.8) is 0 Å². The maximum absolute atomic E-state index is 6.15. The lowest BCUT2D eigenvalue weighted by Crippen LogP contribution is -2.40. The van der Waals surface area contributed by atoms with E-state index >= 15 is 0 Å². The van der Waals surface area contributed by atoms with Gasteiger partial charge in [0.25, 0.3) is 0 Å². The van der Waals surface area contributed by atoms with E-state index in [-0.39, 0.29) is 30.0 Å². The highest BCUT2D eigenvalue weighted by Gasteiger charge is 2.22. The van der Waals surface area contributed by atoms with Crippen molar-refractivity contribution in [3.05, 3.63) is 59.7 Å². The number of halogens is 1. The van der Waals surface area contributed by atoms with Gasteiger partial charge in [0, 0.05) is 13.1 Å². The highest BCUT2D eigenvalue weighted by atomic mass is 127. The van der Waals surface area contributed by atoms with Crippen LogP contribution in [0.4, 0.5) is 5.69 Å². The number of aryl methyl sites for hydroxylation is 1. The van der Waals surface area contributed by atoms with Gasteiger partial charge in [-0.15, -0.1) is 24.0 Å². The van der Waals surface area contributed by atoms with Crippen molar-refractivity contribution in [2.45, 2.75) is 13.0 Å². The van der Waals surface area contributed by atoms with Crippen molar-refractivity contribution >= 4 is 35.6 Å². The maximum atomic E-state index is 6.15. The summed E-state index contributed by atoms with van der Waals surface area (Å²) in [6.45, 7) is 5.97. The van der Waals surface area contributed by atoms with Crippen molar-refractivity contribution in [1.29, 1.82) is 0 Å². The number of methoxy groups -OCH3 is 1. The lowest BCUT2D eigenvalue weighted by atomic mass is 10.0. The van der Waals surface area contributed by atoms with Gasteiger partial charge in [-0.2, -0.15) is 0 Å². The summed E-state index contributed by atoms with van der Waals surface area (Å²) in [4.78, 5) is 7.03. The Morgan fingerprint density at radius 1 is 1.18 bits per heavy atom. The Hall–Kier alpha value is -1.84. The molecule has 1 atom stereocenters. The van der Waals surface area contributed by atoms with Crippen molar-refractivity contribution in [2.24, 2.45) is 10.7 Å². The Morgan fingerprint density at radius 3 is 2.54 bits per heavy atom. The van der Waals surface area contributed by atoms with Crippen LogP contribution >= 0.6 is 24.0 Å². The zero-order chi connectivity index (χ0) is 19.1. The molecule has 0 radical (unpaired) electrons. The van der Waals surface area contributed by atoms with Gasteiger partial charge < -0.3 is 20.5 Å². The number of benzene rings is 2. The number of rotatable bonds is 6. The third-order valence-electron chi connectivity index (χ3n) is 4.75. The lowest BCUT2D eigenvalue weighted by molar-refractivity contribution is 0.0180. The third-order valence-corrected chi connectivity index (χ3v) is 4.75. The van der Waals surface area contributed by atoms with Crippen LogP contribution in [0.3, 0.4) is 0 Å². The van der Waals surface area contributed by atoms with E-state index in [0.29, 0.717) is 12.5 Å². The second-order valence-corrected chi connectivity index (χ2v) is 6.63. The first kappa shape index (κ1) is 22.4. The van der Waals surface area contributed by atoms with Crippen LogP contribution in [0, 0.1) is 6.92 Å².